The van der Waals surface area contributed by atoms with E-state index in [0.29, 0.717) is 32.7 Å². The fourth-order valence-corrected chi connectivity index (χ4v) is 3.56. The zero-order chi connectivity index (χ0) is 23.3. The average Bonchev–Trinajstić information content (AvgIpc) is 3.20. The molecule has 1 heterocycles. The van der Waals surface area contributed by atoms with Crippen molar-refractivity contribution in [3.63, 3.8) is 0 Å². The maximum absolute atomic E-state index is 13.3. The van der Waals surface area contributed by atoms with Crippen LogP contribution >= 0.6 is 0 Å². The molecule has 0 aliphatic carbocycles. The Labute approximate surface area is 192 Å². The topological polar surface area (TPSA) is 66.8 Å². The number of nitrogens with one attached hydrogen (secondary N) is 1. The van der Waals surface area contributed by atoms with Crippen molar-refractivity contribution in [2.24, 2.45) is 7.05 Å². The second kappa shape index (κ2) is 13.6. The van der Waals surface area contributed by atoms with Crippen LogP contribution in [0.2, 0.25) is 0 Å². The Kier molecular flexibility index (Phi) is 10.8. The number of aromatic nitrogens is 1. The molecule has 0 aliphatic rings. The number of ether oxygens (including phenoxy) is 1. The number of methoxy groups -OCH3 is 1. The highest BCUT2D eigenvalue weighted by Gasteiger charge is 2.22. The number of carbonyl (C=O) groups is 2. The van der Waals surface area contributed by atoms with Gasteiger partial charge in [-0.05, 0) is 43.0 Å². The third-order valence-electron chi connectivity index (χ3n) is 5.57. The first-order valence-electron chi connectivity index (χ1n) is 11.5. The summed E-state index contributed by atoms with van der Waals surface area (Å²) in [6.45, 7) is 6.40. The summed E-state index contributed by atoms with van der Waals surface area (Å²) < 4.78 is 7.18. The molecule has 1 aromatic heterocycles. The molecule has 1 aromatic carbocycles. The number of benzene rings is 1. The molecular weight excluding hydrogens is 404 g/mol. The van der Waals surface area contributed by atoms with E-state index < -0.39 is 0 Å². The van der Waals surface area contributed by atoms with E-state index in [2.05, 4.69) is 19.2 Å². The first-order chi connectivity index (χ1) is 15.5. The zero-order valence-electron chi connectivity index (χ0n) is 20.0. The van der Waals surface area contributed by atoms with Crippen molar-refractivity contribution in [3.8, 4) is 0 Å². The standard InChI is InChI=1S/C25H38N4O3/c1-5-7-16-28(19-22-13-10-15-27(22)3)24(30)20-29(17-11-18-32-4)25(31)26-23-14-9-8-12-21(23)6-2/h8-10,12-15H,5-7,11,16-20H2,1-4H3,(H,26,31). The Balaban J connectivity index is 2.13. The Morgan fingerprint density at radius 3 is 2.44 bits per heavy atom. The van der Waals surface area contributed by atoms with E-state index in [4.69, 9.17) is 4.74 Å². The van der Waals surface area contributed by atoms with Crippen molar-refractivity contribution in [3.05, 3.63) is 53.9 Å². The van der Waals surface area contributed by atoms with E-state index in [-0.39, 0.29) is 18.5 Å². The lowest BCUT2D eigenvalue weighted by Crippen LogP contribution is -2.45. The second-order valence-electron chi connectivity index (χ2n) is 7.99. The summed E-state index contributed by atoms with van der Waals surface area (Å²) in [7, 11) is 3.62. The minimum Gasteiger partial charge on any atom is -0.385 e. The number of amides is 3. The predicted molar refractivity (Wildman–Crippen MR) is 129 cm³/mol. The van der Waals surface area contributed by atoms with Crippen molar-refractivity contribution in [1.82, 2.24) is 14.4 Å². The maximum Gasteiger partial charge on any atom is 0.322 e. The highest BCUT2D eigenvalue weighted by atomic mass is 16.5. The third-order valence-corrected chi connectivity index (χ3v) is 5.57. The van der Waals surface area contributed by atoms with Gasteiger partial charge in [-0.1, -0.05) is 38.5 Å². The lowest BCUT2D eigenvalue weighted by molar-refractivity contribution is -0.132. The maximum atomic E-state index is 13.3. The number of para-hydroxylation sites is 1. The molecule has 0 aliphatic heterocycles. The summed E-state index contributed by atoms with van der Waals surface area (Å²) >= 11 is 0. The molecule has 0 bridgehead atoms. The van der Waals surface area contributed by atoms with Gasteiger partial charge in [0.15, 0.2) is 0 Å². The molecule has 1 N–H and O–H groups in total. The summed E-state index contributed by atoms with van der Waals surface area (Å²) in [5, 5.41) is 3.00. The smallest absolute Gasteiger partial charge is 0.322 e. The van der Waals surface area contributed by atoms with E-state index in [1.165, 1.54) is 0 Å². The summed E-state index contributed by atoms with van der Waals surface area (Å²) in [5.41, 5.74) is 2.93. The fourth-order valence-electron chi connectivity index (χ4n) is 3.56. The minimum atomic E-state index is -0.260. The molecule has 0 radical (unpaired) electrons. The van der Waals surface area contributed by atoms with E-state index in [0.717, 1.165) is 36.2 Å². The van der Waals surface area contributed by atoms with E-state index >= 15 is 0 Å². The van der Waals surface area contributed by atoms with E-state index in [9.17, 15) is 9.59 Å². The van der Waals surface area contributed by atoms with Gasteiger partial charge in [0.1, 0.15) is 6.54 Å². The molecule has 0 atom stereocenters. The Morgan fingerprint density at radius 1 is 1.03 bits per heavy atom. The van der Waals surface area contributed by atoms with Gasteiger partial charge < -0.3 is 24.4 Å². The summed E-state index contributed by atoms with van der Waals surface area (Å²) in [4.78, 5) is 29.8. The number of urea groups is 1. The van der Waals surface area contributed by atoms with Crippen LogP contribution in [0.1, 0.15) is 44.4 Å². The first kappa shape index (κ1) is 25.5. The molecule has 32 heavy (non-hydrogen) atoms. The van der Waals surface area contributed by atoms with Gasteiger partial charge in [-0.25, -0.2) is 4.79 Å². The van der Waals surface area contributed by atoms with Crippen LogP contribution in [0.3, 0.4) is 0 Å². The second-order valence-corrected chi connectivity index (χ2v) is 7.99. The number of hydrogen-bond acceptors (Lipinski definition) is 3. The molecule has 7 nitrogen and oxygen atoms in total. The summed E-state index contributed by atoms with van der Waals surface area (Å²) in [5.74, 6) is -0.0454. The number of unbranched alkanes of at least 4 members (excludes halogenated alkanes) is 1. The molecule has 3 amide bonds. The molecule has 0 spiro atoms. The van der Waals surface area contributed by atoms with Crippen molar-refractivity contribution < 1.29 is 14.3 Å². The van der Waals surface area contributed by atoms with Gasteiger partial charge >= 0.3 is 6.03 Å². The number of nitrogens with zero attached hydrogens (tertiary/aromatic N) is 3. The monoisotopic (exact) mass is 442 g/mol. The summed E-state index contributed by atoms with van der Waals surface area (Å²) in [6, 6.07) is 11.5. The van der Waals surface area contributed by atoms with Crippen LogP contribution in [0.25, 0.3) is 0 Å². The van der Waals surface area contributed by atoms with Gasteiger partial charge in [-0.2, -0.15) is 0 Å². The number of carbonyl (C=O) groups excluding carboxylic acids is 2. The molecular formula is C25H38N4O3. The third kappa shape index (κ3) is 7.71. The van der Waals surface area contributed by atoms with E-state index in [1.54, 1.807) is 12.0 Å². The molecule has 0 saturated carbocycles. The quantitative estimate of drug-likeness (QED) is 0.471. The normalized spacial score (nSPS) is 10.8. The highest BCUT2D eigenvalue weighted by Crippen LogP contribution is 2.16. The van der Waals surface area contributed by atoms with Gasteiger partial charge in [0.25, 0.3) is 0 Å². The average molecular weight is 443 g/mol. The van der Waals surface area contributed by atoms with Crippen LogP contribution < -0.4 is 5.32 Å². The van der Waals surface area contributed by atoms with Crippen molar-refractivity contribution in [2.45, 2.75) is 46.1 Å². The van der Waals surface area contributed by atoms with Gasteiger partial charge in [-0.3, -0.25) is 4.79 Å². The van der Waals surface area contributed by atoms with Crippen molar-refractivity contribution in [1.29, 1.82) is 0 Å². The van der Waals surface area contributed by atoms with Crippen LogP contribution in [-0.2, 0) is 29.5 Å². The van der Waals surface area contributed by atoms with Crippen molar-refractivity contribution >= 4 is 17.6 Å². The van der Waals surface area contributed by atoms with Gasteiger partial charge in [0.05, 0.1) is 6.54 Å². The Bertz CT molecular complexity index is 849. The number of hydrogen-bond donors (Lipinski definition) is 1. The number of aryl methyl sites for hydroxylation is 2. The van der Waals surface area contributed by atoms with Crippen LogP contribution in [0.15, 0.2) is 42.6 Å². The van der Waals surface area contributed by atoms with Crippen LogP contribution in [0.4, 0.5) is 10.5 Å². The zero-order valence-corrected chi connectivity index (χ0v) is 20.0. The number of anilines is 1. The molecule has 2 aromatic rings. The molecule has 176 valence electrons. The van der Waals surface area contributed by atoms with Gasteiger partial charge in [0, 0.05) is 51.4 Å². The molecule has 0 fully saturated rings. The Morgan fingerprint density at radius 2 is 1.78 bits per heavy atom. The highest BCUT2D eigenvalue weighted by molar-refractivity contribution is 5.93. The van der Waals surface area contributed by atoms with Crippen molar-refractivity contribution in [2.75, 3.05) is 38.7 Å². The lowest BCUT2D eigenvalue weighted by Gasteiger charge is -2.28. The van der Waals surface area contributed by atoms with Crippen LogP contribution in [-0.4, -0.2) is 59.7 Å². The molecule has 2 rings (SSSR count). The molecule has 0 unspecified atom stereocenters. The first-order valence-corrected chi connectivity index (χ1v) is 11.5. The minimum absolute atomic E-state index is 0.0397. The fraction of sp³-hybridized carbons (Fsp3) is 0.520. The molecule has 7 heteroatoms. The number of rotatable bonds is 13. The predicted octanol–water partition coefficient (Wildman–Crippen LogP) is 4.29. The largest absolute Gasteiger partial charge is 0.385 e. The SMILES string of the molecule is CCCCN(Cc1cccn1C)C(=O)CN(CCCOC)C(=O)Nc1ccccc1CC. The molecule has 0 saturated heterocycles. The summed E-state index contributed by atoms with van der Waals surface area (Å²) in [6.07, 6.45) is 5.39. The lowest BCUT2D eigenvalue weighted by atomic mass is 10.1. The van der Waals surface area contributed by atoms with Crippen LogP contribution in [0.5, 0.6) is 0 Å². The van der Waals surface area contributed by atoms with Gasteiger partial charge in [-0.15, -0.1) is 0 Å². The van der Waals surface area contributed by atoms with Gasteiger partial charge in [0.2, 0.25) is 5.91 Å². The van der Waals surface area contributed by atoms with E-state index in [1.807, 2.05) is 59.1 Å². The Hall–Kier alpha value is -2.80. The van der Waals surface area contributed by atoms with Crippen LogP contribution in [0, 0.1) is 0 Å².